The summed E-state index contributed by atoms with van der Waals surface area (Å²) in [4.78, 5) is 13.2. The molecule has 2 aromatic heterocycles. The number of hydrogen-bond acceptors (Lipinski definition) is 8. The molecular formula is C20H19F5N6O2S2. The highest BCUT2D eigenvalue weighted by Crippen LogP contribution is 2.39. The van der Waals surface area contributed by atoms with E-state index in [1.54, 1.807) is 13.0 Å². The molecule has 3 N–H and O–H groups in total. The average molecular weight is 535 g/mol. The lowest BCUT2D eigenvalue weighted by Crippen LogP contribution is -2.38. The van der Waals surface area contributed by atoms with Crippen molar-refractivity contribution >= 4 is 34.0 Å². The lowest BCUT2D eigenvalue weighted by molar-refractivity contribution is 0.244. The summed E-state index contributed by atoms with van der Waals surface area (Å²) >= 11 is 1.16. The van der Waals surface area contributed by atoms with Gasteiger partial charge in [-0.05, 0) is 32.4 Å². The Balaban J connectivity index is 1.61. The zero-order valence-corrected chi connectivity index (χ0v) is 19.7. The molecule has 35 heavy (non-hydrogen) atoms. The third kappa shape index (κ3) is 5.85. The number of piperidine rings is 1. The minimum atomic E-state index is -3.44. The lowest BCUT2D eigenvalue weighted by Gasteiger charge is -2.23. The molecule has 2 atom stereocenters. The van der Waals surface area contributed by atoms with Gasteiger partial charge in [0.15, 0.2) is 28.4 Å². The number of anilines is 2. The van der Waals surface area contributed by atoms with Crippen LogP contribution in [0.15, 0.2) is 18.3 Å². The number of ether oxygens (including phenoxy) is 1. The third-order valence-corrected chi connectivity index (χ3v) is 6.62. The van der Waals surface area contributed by atoms with E-state index in [2.05, 4.69) is 25.6 Å². The molecule has 1 aliphatic rings. The van der Waals surface area contributed by atoms with Crippen LogP contribution in [0.1, 0.15) is 17.8 Å². The smallest absolute Gasteiger partial charge is 0.330 e. The number of aromatic nitrogens is 3. The van der Waals surface area contributed by atoms with Crippen molar-refractivity contribution in [3.05, 3.63) is 40.8 Å². The number of nitrogens with zero attached hydrogens (tertiary/aromatic N) is 3. The second kappa shape index (κ2) is 10.8. The van der Waals surface area contributed by atoms with E-state index in [0.717, 1.165) is 37.3 Å². The Bertz CT molecular complexity index is 1240. The molecule has 3 aromatic rings. The van der Waals surface area contributed by atoms with Gasteiger partial charge in [-0.25, -0.2) is 27.9 Å². The summed E-state index contributed by atoms with van der Waals surface area (Å²) in [5, 5.41) is 7.01. The standard InChI is InChI=1S/C20H19F5N6O2S2/c1-9-28-18(33-13-7-11(21)16(15(23)14(13)22)31-35(32)19(24)25)17(34-9)12-4-6-27-20(30-12)29-10-3-2-5-26-8-10/h4,6-7,10,19,26,31H,2-3,5,8H2,1H3,(H,27,29,30). The fraction of sp³-hybridized carbons (Fsp3) is 0.350. The van der Waals surface area contributed by atoms with Gasteiger partial charge in [-0.3, -0.25) is 4.72 Å². The maximum absolute atomic E-state index is 14.6. The first-order valence-corrected chi connectivity index (χ1v) is 12.3. The summed E-state index contributed by atoms with van der Waals surface area (Å²) in [5.74, 6) is -9.12. The van der Waals surface area contributed by atoms with Gasteiger partial charge in [-0.1, -0.05) is 0 Å². The summed E-state index contributed by atoms with van der Waals surface area (Å²) in [6.45, 7) is 3.35. The van der Waals surface area contributed by atoms with Crippen LogP contribution in [0.4, 0.5) is 33.6 Å². The van der Waals surface area contributed by atoms with E-state index >= 15 is 0 Å². The first-order valence-electron chi connectivity index (χ1n) is 10.3. The van der Waals surface area contributed by atoms with E-state index in [4.69, 9.17) is 4.74 Å². The van der Waals surface area contributed by atoms with Crippen LogP contribution in [0.2, 0.25) is 0 Å². The minimum absolute atomic E-state index is 0.143. The van der Waals surface area contributed by atoms with Crippen LogP contribution in [0.5, 0.6) is 11.6 Å². The van der Waals surface area contributed by atoms with Gasteiger partial charge in [-0.2, -0.15) is 13.2 Å². The molecule has 3 heterocycles. The zero-order valence-electron chi connectivity index (χ0n) is 18.1. The molecule has 188 valence electrons. The summed E-state index contributed by atoms with van der Waals surface area (Å²) in [6.07, 6.45) is 3.47. The normalized spacial score (nSPS) is 16.8. The van der Waals surface area contributed by atoms with Gasteiger partial charge in [0.2, 0.25) is 17.6 Å². The lowest BCUT2D eigenvalue weighted by atomic mass is 10.1. The Morgan fingerprint density at radius 2 is 2.06 bits per heavy atom. The zero-order chi connectivity index (χ0) is 25.1. The number of rotatable bonds is 8. The van der Waals surface area contributed by atoms with Gasteiger partial charge in [0, 0.05) is 24.8 Å². The quantitative estimate of drug-likeness (QED) is 0.287. The summed E-state index contributed by atoms with van der Waals surface area (Å²) in [7, 11) is -3.13. The van der Waals surface area contributed by atoms with E-state index in [0.29, 0.717) is 27.6 Å². The Morgan fingerprint density at radius 1 is 1.26 bits per heavy atom. The number of benzene rings is 1. The molecule has 0 saturated carbocycles. The molecule has 8 nitrogen and oxygen atoms in total. The van der Waals surface area contributed by atoms with Crippen LogP contribution in [-0.4, -0.2) is 44.0 Å². The van der Waals surface area contributed by atoms with E-state index in [9.17, 15) is 26.2 Å². The number of aryl methyl sites for hydroxylation is 1. The highest BCUT2D eigenvalue weighted by molar-refractivity contribution is 7.86. The van der Waals surface area contributed by atoms with Gasteiger partial charge in [-0.15, -0.1) is 11.3 Å². The number of hydrogen-bond donors (Lipinski definition) is 3. The average Bonchev–Trinajstić information content (AvgIpc) is 3.20. The second-order valence-corrected chi connectivity index (χ2v) is 9.80. The maximum Gasteiger partial charge on any atom is 0.330 e. The van der Waals surface area contributed by atoms with Gasteiger partial charge >= 0.3 is 5.76 Å². The predicted octanol–water partition coefficient (Wildman–Crippen LogP) is 4.58. The summed E-state index contributed by atoms with van der Waals surface area (Å²) in [6, 6.07) is 2.17. The number of halogens is 5. The Kier molecular flexibility index (Phi) is 7.76. The summed E-state index contributed by atoms with van der Waals surface area (Å²) in [5.41, 5.74) is -0.911. The second-order valence-electron chi connectivity index (χ2n) is 7.44. The molecule has 0 spiro atoms. The Morgan fingerprint density at radius 3 is 2.77 bits per heavy atom. The molecular weight excluding hydrogens is 515 g/mol. The first kappa shape index (κ1) is 25.2. The number of nitrogens with one attached hydrogen (secondary N) is 3. The van der Waals surface area contributed by atoms with E-state index in [1.165, 1.54) is 10.9 Å². The molecule has 0 bridgehead atoms. The van der Waals surface area contributed by atoms with Crippen molar-refractivity contribution in [1.29, 1.82) is 0 Å². The fourth-order valence-electron chi connectivity index (χ4n) is 3.34. The fourth-order valence-corrected chi connectivity index (χ4v) is 4.64. The SMILES string of the molecule is Cc1nc(Oc2cc(F)c(NS(=O)C(F)F)c(F)c2F)c(-c2ccnc(NC3CCCNC3)n2)s1. The third-order valence-electron chi connectivity index (χ3n) is 4.92. The predicted molar refractivity (Wildman–Crippen MR) is 122 cm³/mol. The van der Waals surface area contributed by atoms with Crippen molar-refractivity contribution in [1.82, 2.24) is 20.3 Å². The van der Waals surface area contributed by atoms with E-state index < -0.39 is 45.6 Å². The van der Waals surface area contributed by atoms with Crippen LogP contribution >= 0.6 is 11.3 Å². The Hall–Kier alpha value is -2.91. The van der Waals surface area contributed by atoms with Crippen molar-refractivity contribution < 1.29 is 30.9 Å². The topological polar surface area (TPSA) is 101 Å². The van der Waals surface area contributed by atoms with Crippen LogP contribution < -0.4 is 20.1 Å². The van der Waals surface area contributed by atoms with Crippen LogP contribution in [-0.2, 0) is 11.0 Å². The Labute approximate surface area is 202 Å². The molecule has 1 fully saturated rings. The monoisotopic (exact) mass is 534 g/mol. The molecule has 4 rings (SSSR count). The van der Waals surface area contributed by atoms with Gasteiger partial charge < -0.3 is 15.4 Å². The van der Waals surface area contributed by atoms with Crippen molar-refractivity contribution in [2.75, 3.05) is 23.1 Å². The highest BCUT2D eigenvalue weighted by atomic mass is 32.2. The molecule has 2 unspecified atom stereocenters. The molecule has 1 saturated heterocycles. The molecule has 0 radical (unpaired) electrons. The summed E-state index contributed by atoms with van der Waals surface area (Å²) < 4.78 is 86.2. The largest absolute Gasteiger partial charge is 0.434 e. The number of alkyl halides is 2. The van der Waals surface area contributed by atoms with Gasteiger partial charge in [0.1, 0.15) is 10.6 Å². The van der Waals surface area contributed by atoms with Crippen LogP contribution in [0.25, 0.3) is 10.6 Å². The van der Waals surface area contributed by atoms with E-state index in [-0.39, 0.29) is 11.9 Å². The molecule has 0 amide bonds. The highest BCUT2D eigenvalue weighted by Gasteiger charge is 2.26. The minimum Gasteiger partial charge on any atom is -0.434 e. The molecule has 1 aromatic carbocycles. The van der Waals surface area contributed by atoms with Gasteiger partial charge in [0.25, 0.3) is 0 Å². The van der Waals surface area contributed by atoms with Crippen molar-refractivity contribution in [3.63, 3.8) is 0 Å². The van der Waals surface area contributed by atoms with Crippen molar-refractivity contribution in [2.24, 2.45) is 0 Å². The first-order chi connectivity index (χ1) is 16.7. The molecule has 1 aliphatic heterocycles. The number of thiazole rings is 1. The maximum atomic E-state index is 14.6. The molecule has 15 heteroatoms. The van der Waals surface area contributed by atoms with Crippen LogP contribution in [0.3, 0.4) is 0 Å². The van der Waals surface area contributed by atoms with E-state index in [1.807, 2.05) is 0 Å². The van der Waals surface area contributed by atoms with Crippen LogP contribution in [0, 0.1) is 24.4 Å². The van der Waals surface area contributed by atoms with Crippen molar-refractivity contribution in [3.8, 4) is 22.2 Å². The van der Waals surface area contributed by atoms with Gasteiger partial charge in [0.05, 0.1) is 10.7 Å². The molecule has 0 aliphatic carbocycles. The van der Waals surface area contributed by atoms with Crippen molar-refractivity contribution in [2.45, 2.75) is 31.6 Å².